The molecule has 6 atom stereocenters. The summed E-state index contributed by atoms with van der Waals surface area (Å²) in [7, 11) is 0. The molecule has 21 heavy (non-hydrogen) atoms. The Bertz CT molecular complexity index is 446. The van der Waals surface area contributed by atoms with Gasteiger partial charge in [0.1, 0.15) is 18.3 Å². The molecule has 11 nitrogen and oxygen atoms in total. The highest BCUT2D eigenvalue weighted by atomic mass is 16.7. The first-order chi connectivity index (χ1) is 9.71. The van der Waals surface area contributed by atoms with Crippen LogP contribution >= 0.6 is 0 Å². The summed E-state index contributed by atoms with van der Waals surface area (Å²) in [5, 5.41) is 48.5. The molecule has 0 saturated carbocycles. The van der Waals surface area contributed by atoms with E-state index in [0.717, 1.165) is 0 Å². The normalized spacial score (nSPS) is 44.5. The van der Waals surface area contributed by atoms with Crippen LogP contribution in [0.2, 0.25) is 0 Å². The molecular formula is C10H17N3O8. The zero-order valence-electron chi connectivity index (χ0n) is 10.8. The Labute approximate surface area is 118 Å². The molecular weight excluding hydrogens is 290 g/mol. The van der Waals surface area contributed by atoms with Gasteiger partial charge in [-0.15, -0.1) is 0 Å². The molecule has 0 aromatic carbocycles. The second-order valence-electron chi connectivity index (χ2n) is 4.95. The first-order valence-corrected chi connectivity index (χ1v) is 6.16. The van der Waals surface area contributed by atoms with E-state index in [0.29, 0.717) is 5.01 Å². The van der Waals surface area contributed by atoms with Gasteiger partial charge in [-0.25, -0.2) is 5.01 Å². The summed E-state index contributed by atoms with van der Waals surface area (Å²) < 4.78 is 4.86. The lowest BCUT2D eigenvalue weighted by Gasteiger charge is -2.46. The summed E-state index contributed by atoms with van der Waals surface area (Å²) in [5.41, 5.74) is 7.32. The number of carbonyl (C=O) groups is 2. The van der Waals surface area contributed by atoms with E-state index in [2.05, 4.69) is 0 Å². The number of nitrogens with zero attached hydrogens (tertiary/aromatic N) is 1. The largest absolute Gasteiger partial charge is 0.394 e. The SMILES string of the molecule is NC1CC(=O)N(NC2(O)O[C@H](CO)[C@@H](O)[C@H](O)[C@H]2O)C1=O. The van der Waals surface area contributed by atoms with Crippen molar-refractivity contribution in [1.82, 2.24) is 10.4 Å². The molecule has 0 bridgehead atoms. The van der Waals surface area contributed by atoms with Gasteiger partial charge in [-0.1, -0.05) is 0 Å². The Balaban J connectivity index is 2.20. The third-order valence-electron chi connectivity index (χ3n) is 3.42. The molecule has 11 heteroatoms. The van der Waals surface area contributed by atoms with Crippen LogP contribution in [-0.2, 0) is 14.3 Å². The maximum Gasteiger partial charge on any atom is 0.273 e. The van der Waals surface area contributed by atoms with Crippen LogP contribution in [0.15, 0.2) is 0 Å². The maximum atomic E-state index is 11.6. The summed E-state index contributed by atoms with van der Waals surface area (Å²) in [6.45, 7) is -0.781. The van der Waals surface area contributed by atoms with Crippen molar-refractivity contribution in [2.45, 2.75) is 42.8 Å². The van der Waals surface area contributed by atoms with E-state index in [4.69, 9.17) is 15.6 Å². The molecule has 0 aliphatic carbocycles. The fraction of sp³-hybridized carbons (Fsp3) is 0.800. The number of hydrogen-bond donors (Lipinski definition) is 7. The minimum absolute atomic E-state index is 0.299. The third-order valence-corrected chi connectivity index (χ3v) is 3.42. The molecule has 2 saturated heterocycles. The monoisotopic (exact) mass is 307 g/mol. The maximum absolute atomic E-state index is 11.6. The van der Waals surface area contributed by atoms with E-state index in [-0.39, 0.29) is 6.42 Å². The van der Waals surface area contributed by atoms with E-state index in [1.165, 1.54) is 0 Å². The van der Waals surface area contributed by atoms with Crippen molar-refractivity contribution in [2.75, 3.05) is 6.61 Å². The van der Waals surface area contributed by atoms with Crippen molar-refractivity contribution < 1.29 is 39.9 Å². The minimum Gasteiger partial charge on any atom is -0.394 e. The molecule has 0 radical (unpaired) electrons. The number of hydrazine groups is 1. The first kappa shape index (κ1) is 16.2. The number of aliphatic hydroxyl groups is 5. The number of aliphatic hydroxyl groups excluding tert-OH is 4. The zero-order chi connectivity index (χ0) is 15.9. The lowest BCUT2D eigenvalue weighted by molar-refractivity contribution is -0.371. The van der Waals surface area contributed by atoms with E-state index >= 15 is 0 Å². The standard InChI is InChI=1S/C10H17N3O8/c11-3-1-5(15)13(9(3)19)12-10(20)8(18)7(17)6(16)4(2-14)21-10/h3-4,6-8,12,14,16-18,20H,1-2,11H2/t3?,4-,6-,7+,8-,10?/m1/s1. The van der Waals surface area contributed by atoms with Crippen molar-refractivity contribution in [3.8, 4) is 0 Å². The van der Waals surface area contributed by atoms with E-state index < -0.39 is 54.8 Å². The summed E-state index contributed by atoms with van der Waals surface area (Å²) in [4.78, 5) is 23.2. The molecule has 2 aliphatic heterocycles. The van der Waals surface area contributed by atoms with Crippen LogP contribution in [0.5, 0.6) is 0 Å². The van der Waals surface area contributed by atoms with Gasteiger partial charge in [-0.2, -0.15) is 5.43 Å². The van der Waals surface area contributed by atoms with Crippen molar-refractivity contribution in [3.05, 3.63) is 0 Å². The fourth-order valence-corrected chi connectivity index (χ4v) is 2.18. The summed E-state index contributed by atoms with van der Waals surface area (Å²) in [6.07, 6.45) is -7.38. The van der Waals surface area contributed by atoms with Crippen LogP contribution < -0.4 is 11.2 Å². The Morgan fingerprint density at radius 1 is 1.33 bits per heavy atom. The van der Waals surface area contributed by atoms with Crippen molar-refractivity contribution in [1.29, 1.82) is 0 Å². The third kappa shape index (κ3) is 2.65. The number of rotatable bonds is 3. The van der Waals surface area contributed by atoms with E-state index in [9.17, 15) is 30.0 Å². The average Bonchev–Trinajstić information content (AvgIpc) is 2.67. The molecule has 8 N–H and O–H groups in total. The number of amides is 2. The predicted molar refractivity (Wildman–Crippen MR) is 62.5 cm³/mol. The number of nitrogens with two attached hydrogens (primary N) is 1. The number of ether oxygens (including phenoxy) is 1. The number of hydrogen-bond acceptors (Lipinski definition) is 10. The fourth-order valence-electron chi connectivity index (χ4n) is 2.18. The molecule has 0 aromatic heterocycles. The van der Waals surface area contributed by atoms with Crippen molar-refractivity contribution >= 4 is 11.8 Å². The van der Waals surface area contributed by atoms with Crippen LogP contribution in [0, 0.1) is 0 Å². The van der Waals surface area contributed by atoms with Crippen molar-refractivity contribution in [3.63, 3.8) is 0 Å². The molecule has 120 valence electrons. The van der Waals surface area contributed by atoms with Gasteiger partial charge in [-0.3, -0.25) is 9.59 Å². The smallest absolute Gasteiger partial charge is 0.273 e. The van der Waals surface area contributed by atoms with E-state index in [1.54, 1.807) is 0 Å². The van der Waals surface area contributed by atoms with Crippen LogP contribution in [0.3, 0.4) is 0 Å². The van der Waals surface area contributed by atoms with Crippen LogP contribution in [0.4, 0.5) is 0 Å². The van der Waals surface area contributed by atoms with Crippen molar-refractivity contribution in [2.24, 2.45) is 5.73 Å². The topological polar surface area (TPSA) is 186 Å². The van der Waals surface area contributed by atoms with Gasteiger partial charge in [0.25, 0.3) is 11.8 Å². The van der Waals surface area contributed by atoms with Gasteiger partial charge < -0.3 is 36.0 Å². The van der Waals surface area contributed by atoms with Gasteiger partial charge in [0.05, 0.1) is 19.1 Å². The highest BCUT2D eigenvalue weighted by molar-refractivity contribution is 6.04. The van der Waals surface area contributed by atoms with Gasteiger partial charge in [-0.05, 0) is 0 Å². The Morgan fingerprint density at radius 3 is 2.43 bits per heavy atom. The second kappa shape index (κ2) is 5.55. The first-order valence-electron chi connectivity index (χ1n) is 6.16. The number of imide groups is 1. The van der Waals surface area contributed by atoms with E-state index in [1.807, 2.05) is 5.43 Å². The highest BCUT2D eigenvalue weighted by Crippen LogP contribution is 2.27. The Morgan fingerprint density at radius 2 is 1.95 bits per heavy atom. The molecule has 0 aromatic rings. The van der Waals surface area contributed by atoms with Gasteiger partial charge >= 0.3 is 0 Å². The molecule has 2 rings (SSSR count). The summed E-state index contributed by atoms with van der Waals surface area (Å²) in [6, 6.07) is -1.10. The van der Waals surface area contributed by atoms with Crippen LogP contribution in [0.1, 0.15) is 6.42 Å². The lowest BCUT2D eigenvalue weighted by Crippen LogP contribution is -2.73. The quantitative estimate of drug-likeness (QED) is 0.196. The summed E-state index contributed by atoms with van der Waals surface area (Å²) >= 11 is 0. The van der Waals surface area contributed by atoms with Gasteiger partial charge in [0.15, 0.2) is 6.10 Å². The van der Waals surface area contributed by atoms with Gasteiger partial charge in [0.2, 0.25) is 5.91 Å². The van der Waals surface area contributed by atoms with Gasteiger partial charge in [0, 0.05) is 0 Å². The molecule has 2 unspecified atom stereocenters. The highest BCUT2D eigenvalue weighted by Gasteiger charge is 2.55. The molecule has 2 fully saturated rings. The molecule has 0 spiro atoms. The number of nitrogens with one attached hydrogen (secondary N) is 1. The zero-order valence-corrected chi connectivity index (χ0v) is 10.8. The second-order valence-corrected chi connectivity index (χ2v) is 4.95. The van der Waals surface area contributed by atoms with Crippen LogP contribution in [0.25, 0.3) is 0 Å². The number of carbonyl (C=O) groups excluding carboxylic acids is 2. The minimum atomic E-state index is -2.76. The lowest BCUT2D eigenvalue weighted by atomic mass is 9.97. The molecule has 2 aliphatic rings. The molecule has 2 heterocycles. The average molecular weight is 307 g/mol. The Kier molecular flexibility index (Phi) is 4.28. The molecule has 2 amide bonds. The van der Waals surface area contributed by atoms with Crippen LogP contribution in [-0.4, -0.2) is 85.3 Å². The summed E-state index contributed by atoms with van der Waals surface area (Å²) in [5.74, 6) is -4.38. The Hall–Kier alpha value is -1.18. The predicted octanol–water partition coefficient (Wildman–Crippen LogP) is -5.30.